The summed E-state index contributed by atoms with van der Waals surface area (Å²) in [5, 5.41) is 19.3. The molecule has 0 rings (SSSR count). The standard InChI is InChI=1S/C14H21Cl2NO2/c1-3-5-7-12(6-4-2)17(10-13(18)8-15)11-14(19)9-16/h3-7,13-14,18-19H,1-2,8-11H2/b7-5-,12-6+. The molecule has 0 bridgehead atoms. The topological polar surface area (TPSA) is 43.7 Å². The molecule has 0 heterocycles. The fourth-order valence-electron chi connectivity index (χ4n) is 1.45. The van der Waals surface area contributed by atoms with Crippen LogP contribution < -0.4 is 0 Å². The minimum atomic E-state index is -0.686. The summed E-state index contributed by atoms with van der Waals surface area (Å²) in [7, 11) is 0. The van der Waals surface area contributed by atoms with Crippen LogP contribution in [0.1, 0.15) is 0 Å². The van der Waals surface area contributed by atoms with Crippen molar-refractivity contribution in [2.24, 2.45) is 0 Å². The van der Waals surface area contributed by atoms with Gasteiger partial charge >= 0.3 is 0 Å². The van der Waals surface area contributed by atoms with Crippen molar-refractivity contribution in [1.82, 2.24) is 4.90 Å². The predicted molar refractivity (Wildman–Crippen MR) is 82.6 cm³/mol. The number of alkyl halides is 2. The maximum atomic E-state index is 9.67. The van der Waals surface area contributed by atoms with Gasteiger partial charge in [-0.05, 0) is 12.2 Å². The molecule has 108 valence electrons. The minimum Gasteiger partial charge on any atom is -0.390 e. The second-order valence-corrected chi connectivity index (χ2v) is 4.56. The molecule has 19 heavy (non-hydrogen) atoms. The molecule has 0 aromatic heterocycles. The number of hydrogen-bond acceptors (Lipinski definition) is 3. The lowest BCUT2D eigenvalue weighted by molar-refractivity contribution is 0.108. The molecule has 0 aromatic carbocycles. The Kier molecular flexibility index (Phi) is 10.7. The second-order valence-electron chi connectivity index (χ2n) is 3.94. The van der Waals surface area contributed by atoms with Crippen molar-refractivity contribution >= 4 is 23.2 Å². The third kappa shape index (κ3) is 8.11. The summed E-state index contributed by atoms with van der Waals surface area (Å²) in [4.78, 5) is 1.81. The van der Waals surface area contributed by atoms with Crippen LogP contribution in [0, 0.1) is 0 Å². The lowest BCUT2D eigenvalue weighted by Gasteiger charge is -2.29. The number of hydrogen-bond donors (Lipinski definition) is 2. The van der Waals surface area contributed by atoms with Gasteiger partial charge in [0.2, 0.25) is 0 Å². The number of aliphatic hydroxyl groups is 2. The fourth-order valence-corrected chi connectivity index (χ4v) is 1.64. The van der Waals surface area contributed by atoms with Crippen molar-refractivity contribution in [1.29, 1.82) is 0 Å². The quantitative estimate of drug-likeness (QED) is 0.481. The molecule has 2 atom stereocenters. The number of allylic oxidation sites excluding steroid dienone is 5. The number of rotatable bonds is 10. The molecule has 0 saturated carbocycles. The van der Waals surface area contributed by atoms with Gasteiger partial charge in [-0.2, -0.15) is 0 Å². The highest BCUT2D eigenvalue weighted by molar-refractivity contribution is 6.18. The van der Waals surface area contributed by atoms with Crippen molar-refractivity contribution in [2.75, 3.05) is 24.8 Å². The zero-order valence-electron chi connectivity index (χ0n) is 10.9. The molecule has 0 spiro atoms. The minimum absolute atomic E-state index is 0.125. The third-order valence-corrected chi connectivity index (χ3v) is 2.99. The van der Waals surface area contributed by atoms with Gasteiger partial charge in [0.25, 0.3) is 0 Å². The molecule has 2 unspecified atom stereocenters. The van der Waals surface area contributed by atoms with E-state index in [2.05, 4.69) is 13.2 Å². The van der Waals surface area contributed by atoms with E-state index in [1.165, 1.54) is 0 Å². The molecular weight excluding hydrogens is 285 g/mol. The number of halogens is 2. The summed E-state index contributed by atoms with van der Waals surface area (Å²) in [6.07, 6.45) is 7.27. The van der Waals surface area contributed by atoms with E-state index in [1.807, 2.05) is 11.0 Å². The molecule has 0 amide bonds. The summed E-state index contributed by atoms with van der Waals surface area (Å²) in [5.74, 6) is 0.250. The summed E-state index contributed by atoms with van der Waals surface area (Å²) >= 11 is 11.2. The highest BCUT2D eigenvalue weighted by atomic mass is 35.5. The van der Waals surface area contributed by atoms with E-state index in [-0.39, 0.29) is 11.8 Å². The normalized spacial score (nSPS) is 15.3. The molecule has 0 aliphatic heterocycles. The van der Waals surface area contributed by atoms with Gasteiger partial charge in [-0.1, -0.05) is 31.4 Å². The Balaban J connectivity index is 5.02. The highest BCUT2D eigenvalue weighted by Gasteiger charge is 2.15. The van der Waals surface area contributed by atoms with Crippen molar-refractivity contribution in [3.05, 3.63) is 49.2 Å². The first kappa shape index (κ1) is 18.3. The first-order valence-corrected chi connectivity index (χ1v) is 7.00. The lowest BCUT2D eigenvalue weighted by Crippen LogP contribution is -2.38. The van der Waals surface area contributed by atoms with Crippen LogP contribution in [0.25, 0.3) is 0 Å². The van der Waals surface area contributed by atoms with Gasteiger partial charge in [0.15, 0.2) is 0 Å². The summed E-state index contributed by atoms with van der Waals surface area (Å²) < 4.78 is 0. The molecule has 0 radical (unpaired) electrons. The molecule has 5 heteroatoms. The van der Waals surface area contributed by atoms with Crippen LogP contribution >= 0.6 is 23.2 Å². The number of nitrogens with zero attached hydrogens (tertiary/aromatic N) is 1. The molecule has 0 fully saturated rings. The fraction of sp³-hybridized carbons (Fsp3) is 0.429. The summed E-state index contributed by atoms with van der Waals surface area (Å²) in [6, 6.07) is 0. The van der Waals surface area contributed by atoms with Crippen LogP contribution in [-0.4, -0.2) is 52.2 Å². The first-order chi connectivity index (χ1) is 9.08. The summed E-state index contributed by atoms with van der Waals surface area (Å²) in [5.41, 5.74) is 0.795. The molecule has 0 aromatic rings. The van der Waals surface area contributed by atoms with E-state index < -0.39 is 12.2 Å². The molecule has 3 nitrogen and oxygen atoms in total. The van der Waals surface area contributed by atoms with Crippen LogP contribution in [0.4, 0.5) is 0 Å². The lowest BCUT2D eigenvalue weighted by atomic mass is 10.2. The SMILES string of the molecule is C=C/C=C\C(=C/C=C)N(CC(O)CCl)CC(O)CCl. The van der Waals surface area contributed by atoms with Gasteiger partial charge in [0, 0.05) is 18.8 Å². The Morgan fingerprint density at radius 2 is 1.58 bits per heavy atom. The Hall–Kier alpha value is -0.740. The molecule has 0 saturated heterocycles. The number of aliphatic hydroxyl groups excluding tert-OH is 2. The highest BCUT2D eigenvalue weighted by Crippen LogP contribution is 2.10. The Morgan fingerprint density at radius 3 is 1.95 bits per heavy atom. The van der Waals surface area contributed by atoms with E-state index in [9.17, 15) is 10.2 Å². The first-order valence-electron chi connectivity index (χ1n) is 5.93. The Bertz CT molecular complexity index is 317. The predicted octanol–water partition coefficient (Wildman–Crippen LogP) is 2.30. The van der Waals surface area contributed by atoms with Crippen LogP contribution in [0.2, 0.25) is 0 Å². The monoisotopic (exact) mass is 305 g/mol. The zero-order chi connectivity index (χ0) is 14.7. The zero-order valence-corrected chi connectivity index (χ0v) is 12.4. The smallest absolute Gasteiger partial charge is 0.0850 e. The van der Waals surface area contributed by atoms with Crippen molar-refractivity contribution < 1.29 is 10.2 Å². The van der Waals surface area contributed by atoms with Gasteiger partial charge in [0.05, 0.1) is 24.0 Å². The van der Waals surface area contributed by atoms with Gasteiger partial charge < -0.3 is 15.1 Å². The largest absolute Gasteiger partial charge is 0.390 e. The van der Waals surface area contributed by atoms with E-state index in [0.29, 0.717) is 13.1 Å². The third-order valence-electron chi connectivity index (χ3n) is 2.28. The summed E-state index contributed by atoms with van der Waals surface area (Å²) in [6.45, 7) is 7.86. The molecule has 0 aliphatic rings. The molecule has 2 N–H and O–H groups in total. The van der Waals surface area contributed by atoms with Crippen molar-refractivity contribution in [3.8, 4) is 0 Å². The second kappa shape index (κ2) is 11.1. The van der Waals surface area contributed by atoms with E-state index in [1.54, 1.807) is 24.3 Å². The van der Waals surface area contributed by atoms with E-state index >= 15 is 0 Å². The Labute approximate surface area is 125 Å². The van der Waals surface area contributed by atoms with Gasteiger partial charge in [0.1, 0.15) is 0 Å². The average molecular weight is 306 g/mol. The van der Waals surface area contributed by atoms with Gasteiger partial charge in [-0.25, -0.2) is 0 Å². The van der Waals surface area contributed by atoms with Gasteiger partial charge in [-0.15, -0.1) is 23.2 Å². The average Bonchev–Trinajstić information content (AvgIpc) is 2.42. The van der Waals surface area contributed by atoms with Crippen molar-refractivity contribution in [3.63, 3.8) is 0 Å². The van der Waals surface area contributed by atoms with Crippen LogP contribution in [-0.2, 0) is 0 Å². The van der Waals surface area contributed by atoms with Gasteiger partial charge in [-0.3, -0.25) is 0 Å². The van der Waals surface area contributed by atoms with Crippen LogP contribution in [0.5, 0.6) is 0 Å². The maximum Gasteiger partial charge on any atom is 0.0850 e. The van der Waals surface area contributed by atoms with Crippen LogP contribution in [0.15, 0.2) is 49.2 Å². The van der Waals surface area contributed by atoms with E-state index in [4.69, 9.17) is 23.2 Å². The molecular formula is C14H21Cl2NO2. The maximum absolute atomic E-state index is 9.67. The van der Waals surface area contributed by atoms with Crippen molar-refractivity contribution in [2.45, 2.75) is 12.2 Å². The Morgan fingerprint density at radius 1 is 1.05 bits per heavy atom. The molecule has 0 aliphatic carbocycles. The van der Waals surface area contributed by atoms with Crippen LogP contribution in [0.3, 0.4) is 0 Å². The van der Waals surface area contributed by atoms with E-state index in [0.717, 1.165) is 5.70 Å².